The lowest BCUT2D eigenvalue weighted by molar-refractivity contribution is -0.964. The van der Waals surface area contributed by atoms with Gasteiger partial charge < -0.3 is 8.97 Å². The number of nitrogens with zero attached hydrogens (tertiary/aromatic N) is 2. The normalized spacial score (nSPS) is 12.3. The van der Waals surface area contributed by atoms with Crippen LogP contribution >= 0.6 is 0 Å². The fraction of sp³-hybridized carbons (Fsp3) is 1.00. The van der Waals surface area contributed by atoms with Crippen molar-refractivity contribution < 1.29 is 8.97 Å². The second-order valence-electron chi connectivity index (χ2n) is 25.0. The lowest BCUT2D eigenvalue weighted by Crippen LogP contribution is -2.55. The van der Waals surface area contributed by atoms with Crippen LogP contribution in [0.25, 0.3) is 0 Å². The Morgan fingerprint density at radius 3 is 0.343 bits per heavy atom. The predicted octanol–water partition coefficient (Wildman–Crippen LogP) is 23.8. The molecule has 0 aromatic rings. The molecule has 0 aliphatic rings. The van der Waals surface area contributed by atoms with Crippen molar-refractivity contribution in [3.8, 4) is 0 Å². The van der Waals surface area contributed by atoms with Crippen LogP contribution in [-0.2, 0) is 0 Å². The first-order valence-electron chi connectivity index (χ1n) is 34.1. The van der Waals surface area contributed by atoms with Crippen LogP contribution in [0, 0.1) is 0 Å². The maximum atomic E-state index is 2.70. The van der Waals surface area contributed by atoms with E-state index in [-0.39, 0.29) is 0 Å². The zero-order chi connectivity index (χ0) is 50.8. The van der Waals surface area contributed by atoms with Crippen molar-refractivity contribution in [2.45, 2.75) is 387 Å². The molecule has 0 unspecified atom stereocenters. The third kappa shape index (κ3) is 54.2. The molecule has 0 bridgehead atoms. The van der Waals surface area contributed by atoms with Gasteiger partial charge in [-0.3, -0.25) is 0 Å². The second kappa shape index (κ2) is 58.2. The molecule has 0 saturated heterocycles. The molecule has 2 heteroatoms. The van der Waals surface area contributed by atoms with E-state index < -0.39 is 0 Å². The number of likely N-dealkylation sites (N-methyl/N-ethyl adjacent to an activating group) is 2. The van der Waals surface area contributed by atoms with E-state index >= 15 is 0 Å². The van der Waals surface area contributed by atoms with Gasteiger partial charge in [-0.2, -0.15) is 0 Å². The summed E-state index contributed by atoms with van der Waals surface area (Å²) in [6.07, 6.45) is 82.1. The summed E-state index contributed by atoms with van der Waals surface area (Å²) < 4.78 is 2.70. The van der Waals surface area contributed by atoms with E-state index in [2.05, 4.69) is 41.8 Å². The standard InChI is InChI=1S/C68H142N2/c1-7-11-15-19-23-27-31-35-39-43-47-51-55-59-63-69(5,64-60-56-52-48-44-40-36-32-28-24-20-16-12-8-2)67-68-70(6,65-61-57-53-49-45-41-37-33-29-25-21-17-13-9-3)66-62-58-54-50-46-42-38-34-30-26-22-18-14-10-4/h7-68H2,1-6H3/q+2. The largest absolute Gasteiger partial charge is 0.321 e. The Bertz CT molecular complexity index is 790. The number of quaternary nitrogens is 2. The van der Waals surface area contributed by atoms with Crippen molar-refractivity contribution in [2.24, 2.45) is 0 Å². The molecule has 0 atom stereocenters. The Kier molecular flexibility index (Phi) is 58.1. The number of rotatable bonds is 63. The Morgan fingerprint density at radius 2 is 0.229 bits per heavy atom. The molecule has 0 aliphatic carbocycles. The fourth-order valence-corrected chi connectivity index (χ4v) is 11.9. The molecule has 0 N–H and O–H groups in total. The summed E-state index contributed by atoms with van der Waals surface area (Å²) in [6, 6.07) is 0. The first-order chi connectivity index (χ1) is 34.4. The lowest BCUT2D eigenvalue weighted by Gasteiger charge is -2.40. The number of hydrogen-bond acceptors (Lipinski definition) is 0. The Morgan fingerprint density at radius 1 is 0.129 bits per heavy atom. The monoisotopic (exact) mass is 987 g/mol. The van der Waals surface area contributed by atoms with E-state index in [4.69, 9.17) is 0 Å². The van der Waals surface area contributed by atoms with E-state index in [0.29, 0.717) is 0 Å². The smallest absolute Gasteiger partial charge is 0.128 e. The summed E-state index contributed by atoms with van der Waals surface area (Å²) in [6.45, 7) is 17.8. The van der Waals surface area contributed by atoms with Gasteiger partial charge in [0.1, 0.15) is 13.1 Å². The van der Waals surface area contributed by atoms with Gasteiger partial charge in [-0.15, -0.1) is 0 Å². The van der Waals surface area contributed by atoms with Crippen molar-refractivity contribution in [3.63, 3.8) is 0 Å². The predicted molar refractivity (Wildman–Crippen MR) is 323 cm³/mol. The third-order valence-corrected chi connectivity index (χ3v) is 17.4. The van der Waals surface area contributed by atoms with Gasteiger partial charge in [0.15, 0.2) is 0 Å². The molecule has 0 spiro atoms. The zero-order valence-electron chi connectivity index (χ0n) is 50.7. The van der Waals surface area contributed by atoms with Gasteiger partial charge in [-0.05, 0) is 51.4 Å². The minimum atomic E-state index is 1.35. The van der Waals surface area contributed by atoms with Gasteiger partial charge in [0, 0.05) is 0 Å². The molecular weight excluding hydrogens is 845 g/mol. The lowest BCUT2D eigenvalue weighted by atomic mass is 10.0. The average molecular weight is 988 g/mol. The summed E-state index contributed by atoms with van der Waals surface area (Å²) in [7, 11) is 5.40. The number of unbranched alkanes of at least 4 members (excludes halogenated alkanes) is 52. The van der Waals surface area contributed by atoms with Crippen molar-refractivity contribution in [2.75, 3.05) is 53.4 Å². The minimum Gasteiger partial charge on any atom is -0.321 e. The molecule has 0 radical (unpaired) electrons. The Balaban J connectivity index is 5.05. The summed E-state index contributed by atoms with van der Waals surface area (Å²) in [4.78, 5) is 0. The van der Waals surface area contributed by atoms with Crippen LogP contribution in [0.1, 0.15) is 387 Å². The molecule has 0 saturated carbocycles. The van der Waals surface area contributed by atoms with Gasteiger partial charge in [-0.25, -0.2) is 0 Å². The highest BCUT2D eigenvalue weighted by molar-refractivity contribution is 4.56. The van der Waals surface area contributed by atoms with Crippen LogP contribution in [0.4, 0.5) is 0 Å². The summed E-state index contributed by atoms with van der Waals surface area (Å²) >= 11 is 0. The van der Waals surface area contributed by atoms with Gasteiger partial charge in [-0.1, -0.05) is 336 Å². The van der Waals surface area contributed by atoms with Crippen LogP contribution in [-0.4, -0.2) is 62.3 Å². The van der Waals surface area contributed by atoms with E-state index in [1.807, 2.05) is 0 Å². The molecule has 0 aromatic heterocycles. The molecule has 0 fully saturated rings. The second-order valence-corrected chi connectivity index (χ2v) is 25.0. The minimum absolute atomic E-state index is 1.35. The van der Waals surface area contributed by atoms with Crippen molar-refractivity contribution >= 4 is 0 Å². The van der Waals surface area contributed by atoms with Crippen LogP contribution in [0.5, 0.6) is 0 Å². The average Bonchev–Trinajstić information content (AvgIpc) is 3.36. The SMILES string of the molecule is CCCCCCCCCCCCCCCC[N+](C)(CCCCCCCCCCCCCCCC)CC[N+](C)(CCCCCCCCCCCCCCCC)CCCCCCCCCCCCCCCC. The molecule has 0 heterocycles. The van der Waals surface area contributed by atoms with E-state index in [9.17, 15) is 0 Å². The maximum Gasteiger partial charge on any atom is 0.128 e. The maximum absolute atomic E-state index is 2.70. The Hall–Kier alpha value is -0.0800. The highest BCUT2D eigenvalue weighted by Crippen LogP contribution is 2.21. The van der Waals surface area contributed by atoms with Crippen LogP contribution in [0.3, 0.4) is 0 Å². The molecular formula is C68H142N2+2. The topological polar surface area (TPSA) is 0 Å². The van der Waals surface area contributed by atoms with Crippen LogP contribution in [0.15, 0.2) is 0 Å². The summed E-state index contributed by atoms with van der Waals surface area (Å²) in [5.41, 5.74) is 0. The van der Waals surface area contributed by atoms with Gasteiger partial charge >= 0.3 is 0 Å². The molecule has 0 rings (SSSR count). The molecule has 0 aromatic carbocycles. The van der Waals surface area contributed by atoms with Crippen LogP contribution in [0.2, 0.25) is 0 Å². The summed E-state index contributed by atoms with van der Waals surface area (Å²) in [5.74, 6) is 0. The third-order valence-electron chi connectivity index (χ3n) is 17.4. The van der Waals surface area contributed by atoms with Crippen molar-refractivity contribution in [3.05, 3.63) is 0 Å². The van der Waals surface area contributed by atoms with Gasteiger partial charge in [0.25, 0.3) is 0 Å². The van der Waals surface area contributed by atoms with E-state index in [1.165, 1.54) is 408 Å². The van der Waals surface area contributed by atoms with E-state index in [1.54, 1.807) is 0 Å². The van der Waals surface area contributed by atoms with Crippen LogP contribution < -0.4 is 0 Å². The van der Waals surface area contributed by atoms with Crippen molar-refractivity contribution in [1.29, 1.82) is 0 Å². The summed E-state index contributed by atoms with van der Waals surface area (Å²) in [5, 5.41) is 0. The highest BCUT2D eigenvalue weighted by Gasteiger charge is 2.28. The number of hydrogen-bond donors (Lipinski definition) is 0. The highest BCUT2D eigenvalue weighted by atomic mass is 15.4. The quantitative estimate of drug-likeness (QED) is 0.0421. The molecule has 2 nitrogen and oxygen atoms in total. The fourth-order valence-electron chi connectivity index (χ4n) is 11.9. The van der Waals surface area contributed by atoms with E-state index in [0.717, 1.165) is 0 Å². The van der Waals surface area contributed by atoms with Crippen molar-refractivity contribution in [1.82, 2.24) is 0 Å². The van der Waals surface area contributed by atoms with Gasteiger partial charge in [0.2, 0.25) is 0 Å². The molecule has 70 heavy (non-hydrogen) atoms. The first kappa shape index (κ1) is 69.9. The van der Waals surface area contributed by atoms with Gasteiger partial charge in [0.05, 0.1) is 40.3 Å². The molecule has 422 valence electrons. The zero-order valence-corrected chi connectivity index (χ0v) is 50.7. The molecule has 0 aliphatic heterocycles. The Labute approximate surface area is 447 Å². The molecule has 0 amide bonds. The first-order valence-corrected chi connectivity index (χ1v) is 34.1.